The third kappa shape index (κ3) is 3.42. The van der Waals surface area contributed by atoms with Crippen LogP contribution in [0.3, 0.4) is 0 Å². The van der Waals surface area contributed by atoms with Crippen molar-refractivity contribution >= 4 is 39.1 Å². The van der Waals surface area contributed by atoms with Crippen molar-refractivity contribution in [3.05, 3.63) is 36.0 Å². The fraction of sp³-hybridized carbons (Fsp3) is 0.455. The maximum absolute atomic E-state index is 13.6. The molecule has 1 aromatic carbocycles. The van der Waals surface area contributed by atoms with Crippen LogP contribution in [-0.2, 0) is 25.8 Å². The summed E-state index contributed by atoms with van der Waals surface area (Å²) in [7, 11) is -3.28. The first kappa shape index (κ1) is 20.9. The van der Waals surface area contributed by atoms with Crippen LogP contribution in [0.4, 0.5) is 17.5 Å². The first-order chi connectivity index (χ1) is 15.3. The summed E-state index contributed by atoms with van der Waals surface area (Å²) >= 11 is 0. The smallest absolute Gasteiger partial charge is 0.244 e. The molecular formula is C22H25N5O4S. The summed E-state index contributed by atoms with van der Waals surface area (Å²) in [6, 6.07) is 6.37. The number of carbonyl (C=O) groups is 2. The minimum atomic E-state index is -3.28. The number of carbonyl (C=O) groups excluding carboxylic acids is 2. The molecule has 0 radical (unpaired) electrons. The molecule has 1 saturated heterocycles. The van der Waals surface area contributed by atoms with Gasteiger partial charge in [-0.25, -0.2) is 13.4 Å². The lowest BCUT2D eigenvalue weighted by molar-refractivity contribution is -0.140. The highest BCUT2D eigenvalue weighted by Gasteiger charge is 2.56. The molecule has 5 rings (SSSR count). The van der Waals surface area contributed by atoms with E-state index in [0.29, 0.717) is 36.8 Å². The molecule has 1 saturated carbocycles. The van der Waals surface area contributed by atoms with Gasteiger partial charge in [0.15, 0.2) is 9.84 Å². The lowest BCUT2D eigenvalue weighted by Crippen LogP contribution is -2.56. The molecule has 3 heterocycles. The summed E-state index contributed by atoms with van der Waals surface area (Å²) in [5.74, 6) is 0.523. The molecule has 2 amide bonds. The molecule has 2 N–H and O–H groups in total. The summed E-state index contributed by atoms with van der Waals surface area (Å²) in [6.07, 6.45) is 7.52. The quantitative estimate of drug-likeness (QED) is 0.676. The SMILES string of the molecule is CS(=O)(=O)c1ccc(Nc2ncc3c(n2)N(C2CCCC2)C(=O)[C@]2(CCNC2=O)C3)cc1. The fourth-order valence-corrected chi connectivity index (χ4v) is 5.61. The molecule has 32 heavy (non-hydrogen) atoms. The first-order valence-corrected chi connectivity index (χ1v) is 12.7. The van der Waals surface area contributed by atoms with E-state index in [0.717, 1.165) is 37.5 Å². The van der Waals surface area contributed by atoms with E-state index in [4.69, 9.17) is 0 Å². The first-order valence-electron chi connectivity index (χ1n) is 10.8. The second kappa shape index (κ2) is 7.54. The Morgan fingerprint density at radius 2 is 1.88 bits per heavy atom. The summed E-state index contributed by atoms with van der Waals surface area (Å²) < 4.78 is 23.3. The number of aromatic nitrogens is 2. The molecular weight excluding hydrogens is 430 g/mol. The average Bonchev–Trinajstić information content (AvgIpc) is 3.40. The van der Waals surface area contributed by atoms with Crippen LogP contribution in [0.2, 0.25) is 0 Å². The molecule has 1 aromatic heterocycles. The minimum absolute atomic E-state index is 0.0311. The third-order valence-corrected chi connectivity index (χ3v) is 7.82. The highest BCUT2D eigenvalue weighted by Crippen LogP contribution is 2.44. The molecule has 9 nitrogen and oxygen atoms in total. The number of hydrogen-bond donors (Lipinski definition) is 2. The van der Waals surface area contributed by atoms with Gasteiger partial charge in [0.2, 0.25) is 17.8 Å². The Labute approximate surface area is 186 Å². The number of nitrogens with zero attached hydrogens (tertiary/aromatic N) is 3. The van der Waals surface area contributed by atoms with Crippen molar-refractivity contribution in [3.63, 3.8) is 0 Å². The monoisotopic (exact) mass is 455 g/mol. The number of benzene rings is 1. The molecule has 2 fully saturated rings. The number of nitrogens with one attached hydrogen (secondary N) is 2. The molecule has 1 spiro atoms. The van der Waals surface area contributed by atoms with E-state index in [1.165, 1.54) is 12.1 Å². The van der Waals surface area contributed by atoms with Gasteiger partial charge < -0.3 is 10.6 Å². The highest BCUT2D eigenvalue weighted by molar-refractivity contribution is 7.90. The molecule has 0 unspecified atom stereocenters. The zero-order chi connectivity index (χ0) is 22.5. The van der Waals surface area contributed by atoms with Gasteiger partial charge >= 0.3 is 0 Å². The normalized spacial score (nSPS) is 23.5. The predicted molar refractivity (Wildman–Crippen MR) is 118 cm³/mol. The van der Waals surface area contributed by atoms with E-state index < -0.39 is 15.3 Å². The van der Waals surface area contributed by atoms with E-state index in [9.17, 15) is 18.0 Å². The van der Waals surface area contributed by atoms with Gasteiger partial charge in [-0.1, -0.05) is 12.8 Å². The number of amides is 2. The summed E-state index contributed by atoms with van der Waals surface area (Å²) in [4.78, 5) is 37.4. The fourth-order valence-electron chi connectivity index (χ4n) is 4.98. The Bertz CT molecular complexity index is 1190. The third-order valence-electron chi connectivity index (χ3n) is 6.69. The van der Waals surface area contributed by atoms with Gasteiger partial charge in [-0.15, -0.1) is 0 Å². The molecule has 10 heteroatoms. The predicted octanol–water partition coefficient (Wildman–Crippen LogP) is 1.96. The lowest BCUT2D eigenvalue weighted by atomic mass is 9.76. The summed E-state index contributed by atoms with van der Waals surface area (Å²) in [6.45, 7) is 0.502. The second-order valence-electron chi connectivity index (χ2n) is 8.84. The van der Waals surface area contributed by atoms with Crippen LogP contribution >= 0.6 is 0 Å². The van der Waals surface area contributed by atoms with E-state index >= 15 is 0 Å². The second-order valence-corrected chi connectivity index (χ2v) is 10.9. The molecule has 168 valence electrons. The van der Waals surface area contributed by atoms with Gasteiger partial charge in [0.1, 0.15) is 11.2 Å². The van der Waals surface area contributed by atoms with Crippen LogP contribution in [0.5, 0.6) is 0 Å². The largest absolute Gasteiger partial charge is 0.355 e. The Hall–Kier alpha value is -3.01. The van der Waals surface area contributed by atoms with Crippen molar-refractivity contribution in [3.8, 4) is 0 Å². The van der Waals surface area contributed by atoms with Gasteiger partial charge in [-0.3, -0.25) is 14.5 Å². The molecule has 3 aliphatic rings. The molecule has 1 aliphatic carbocycles. The Kier molecular flexibility index (Phi) is 4.92. The van der Waals surface area contributed by atoms with Gasteiger partial charge in [-0.05, 0) is 43.5 Å². The zero-order valence-corrected chi connectivity index (χ0v) is 18.6. The lowest BCUT2D eigenvalue weighted by Gasteiger charge is -2.40. The van der Waals surface area contributed by atoms with E-state index in [2.05, 4.69) is 20.6 Å². The topological polar surface area (TPSA) is 121 Å². The maximum atomic E-state index is 13.6. The number of hydrogen-bond acceptors (Lipinski definition) is 7. The van der Waals surface area contributed by atoms with Crippen molar-refractivity contribution < 1.29 is 18.0 Å². The van der Waals surface area contributed by atoms with Crippen molar-refractivity contribution in [2.24, 2.45) is 5.41 Å². The van der Waals surface area contributed by atoms with Crippen molar-refractivity contribution in [2.45, 2.75) is 49.5 Å². The van der Waals surface area contributed by atoms with Crippen molar-refractivity contribution in [1.29, 1.82) is 0 Å². The Morgan fingerprint density at radius 3 is 2.50 bits per heavy atom. The van der Waals surface area contributed by atoms with Crippen LogP contribution in [0.1, 0.15) is 37.7 Å². The van der Waals surface area contributed by atoms with Crippen LogP contribution in [0, 0.1) is 5.41 Å². The molecule has 2 aromatic rings. The standard InChI is InChI=1S/C22H25N5O4S/c1-32(30,31)17-8-6-15(7-9-17)25-21-24-13-14-12-22(10-11-23-19(22)28)20(29)27(18(14)26-21)16-4-2-3-5-16/h6-9,13,16H,2-5,10-12H2,1H3,(H,23,28)(H,24,25,26)/t22-/m1/s1. The van der Waals surface area contributed by atoms with Gasteiger partial charge in [0, 0.05) is 42.7 Å². The van der Waals surface area contributed by atoms with Crippen molar-refractivity contribution in [1.82, 2.24) is 15.3 Å². The van der Waals surface area contributed by atoms with E-state index in [-0.39, 0.29) is 22.8 Å². The number of sulfone groups is 1. The Morgan fingerprint density at radius 1 is 1.16 bits per heavy atom. The minimum Gasteiger partial charge on any atom is -0.355 e. The van der Waals surface area contributed by atoms with Crippen LogP contribution in [0.25, 0.3) is 0 Å². The number of fused-ring (bicyclic) bond motifs is 1. The van der Waals surface area contributed by atoms with Gasteiger partial charge in [0.05, 0.1) is 4.90 Å². The van der Waals surface area contributed by atoms with Crippen LogP contribution < -0.4 is 15.5 Å². The maximum Gasteiger partial charge on any atom is 0.244 e. The molecule has 1 atom stereocenters. The van der Waals surface area contributed by atoms with Crippen LogP contribution in [0.15, 0.2) is 35.4 Å². The van der Waals surface area contributed by atoms with Crippen LogP contribution in [-0.4, -0.2) is 49.0 Å². The molecule has 2 aliphatic heterocycles. The zero-order valence-electron chi connectivity index (χ0n) is 17.8. The van der Waals surface area contributed by atoms with Crippen molar-refractivity contribution in [2.75, 3.05) is 23.0 Å². The molecule has 0 bridgehead atoms. The Balaban J connectivity index is 1.50. The average molecular weight is 456 g/mol. The number of rotatable bonds is 4. The summed E-state index contributed by atoms with van der Waals surface area (Å²) in [5.41, 5.74) is 0.375. The van der Waals surface area contributed by atoms with E-state index in [1.54, 1.807) is 23.2 Å². The number of anilines is 3. The highest BCUT2D eigenvalue weighted by atomic mass is 32.2. The van der Waals surface area contributed by atoms with E-state index in [1.807, 2.05) is 0 Å². The van der Waals surface area contributed by atoms with Gasteiger partial charge in [0.25, 0.3) is 0 Å². The van der Waals surface area contributed by atoms with Gasteiger partial charge in [-0.2, -0.15) is 4.98 Å². The summed E-state index contributed by atoms with van der Waals surface area (Å²) in [5, 5.41) is 5.92.